The maximum absolute atomic E-state index is 14.1. The third-order valence-electron chi connectivity index (χ3n) is 6.22. The van der Waals surface area contributed by atoms with Crippen molar-refractivity contribution >= 4 is 17.7 Å². The Morgan fingerprint density at radius 3 is 2.33 bits per heavy atom. The summed E-state index contributed by atoms with van der Waals surface area (Å²) in [7, 11) is 0. The zero-order valence-electron chi connectivity index (χ0n) is 17.2. The first-order valence-corrected chi connectivity index (χ1v) is 12.0. The molecule has 2 fully saturated rings. The van der Waals surface area contributed by atoms with Crippen LogP contribution in [0.2, 0.25) is 0 Å². The monoisotopic (exact) mass is 424 g/mol. The van der Waals surface area contributed by atoms with Crippen molar-refractivity contribution < 1.29 is 14.3 Å². The minimum atomic E-state index is -0.304. The lowest BCUT2D eigenvalue weighted by Crippen LogP contribution is -2.51. The summed E-state index contributed by atoms with van der Waals surface area (Å²) < 4.78 is 11.6. The first-order valence-electron chi connectivity index (χ1n) is 10.9. The van der Waals surface area contributed by atoms with Crippen molar-refractivity contribution in [2.75, 3.05) is 50.9 Å². The van der Waals surface area contributed by atoms with Gasteiger partial charge in [-0.2, -0.15) is 11.8 Å². The van der Waals surface area contributed by atoms with E-state index in [1.54, 1.807) is 0 Å². The third kappa shape index (κ3) is 3.96. The first-order chi connectivity index (χ1) is 14.8. The number of morpholine rings is 1. The van der Waals surface area contributed by atoms with E-state index in [2.05, 4.69) is 9.80 Å². The fraction of sp³-hybridized carbons (Fsp3) is 0.458. The SMILES string of the molecule is O=C(C1c2ccccc2Oc2ccccc21)N1CCCSC[C@@H]1CN1CCOCC1. The van der Waals surface area contributed by atoms with Gasteiger partial charge < -0.3 is 14.4 Å². The van der Waals surface area contributed by atoms with Gasteiger partial charge in [0, 0.05) is 43.1 Å². The van der Waals surface area contributed by atoms with Gasteiger partial charge in [-0.3, -0.25) is 9.69 Å². The van der Waals surface area contributed by atoms with Crippen LogP contribution in [0.3, 0.4) is 0 Å². The smallest absolute Gasteiger partial charge is 0.235 e. The van der Waals surface area contributed by atoms with Gasteiger partial charge in [-0.05, 0) is 24.3 Å². The Hall–Kier alpha value is -2.02. The molecule has 3 aliphatic heterocycles. The molecule has 158 valence electrons. The van der Waals surface area contributed by atoms with Gasteiger partial charge in [-0.1, -0.05) is 36.4 Å². The van der Waals surface area contributed by atoms with E-state index in [9.17, 15) is 4.79 Å². The van der Waals surface area contributed by atoms with Crippen molar-refractivity contribution in [3.05, 3.63) is 59.7 Å². The Morgan fingerprint density at radius 2 is 1.63 bits per heavy atom. The highest BCUT2D eigenvalue weighted by molar-refractivity contribution is 7.99. The summed E-state index contributed by atoms with van der Waals surface area (Å²) in [5.41, 5.74) is 1.95. The first kappa shape index (κ1) is 19.9. The average molecular weight is 425 g/mol. The highest BCUT2D eigenvalue weighted by atomic mass is 32.2. The number of fused-ring (bicyclic) bond motifs is 2. The normalized spacial score (nSPS) is 22.5. The van der Waals surface area contributed by atoms with Crippen LogP contribution in [0.15, 0.2) is 48.5 Å². The Balaban J connectivity index is 1.47. The number of thioether (sulfide) groups is 1. The fourth-order valence-electron chi connectivity index (χ4n) is 4.69. The van der Waals surface area contributed by atoms with Crippen LogP contribution in [0.4, 0.5) is 0 Å². The van der Waals surface area contributed by atoms with Crippen molar-refractivity contribution in [3.8, 4) is 11.5 Å². The molecule has 6 heteroatoms. The summed E-state index contributed by atoms with van der Waals surface area (Å²) in [4.78, 5) is 18.7. The molecule has 0 unspecified atom stereocenters. The largest absolute Gasteiger partial charge is 0.457 e. The molecule has 0 aliphatic carbocycles. The molecule has 0 spiro atoms. The van der Waals surface area contributed by atoms with Gasteiger partial charge >= 0.3 is 0 Å². The molecule has 0 saturated carbocycles. The molecule has 2 aromatic rings. The molecule has 2 saturated heterocycles. The standard InChI is InChI=1S/C24H28N2O3S/c27-24(26-10-5-15-30-17-18(26)16-25-11-13-28-14-12-25)23-19-6-1-3-8-21(19)29-22-9-4-2-7-20(22)23/h1-4,6-9,18,23H,5,10-17H2/t18-/m0/s1. The van der Waals surface area contributed by atoms with E-state index in [1.165, 1.54) is 0 Å². The van der Waals surface area contributed by atoms with Gasteiger partial charge in [0.05, 0.1) is 25.2 Å². The van der Waals surface area contributed by atoms with Crippen LogP contribution in [0.25, 0.3) is 0 Å². The lowest BCUT2D eigenvalue weighted by Gasteiger charge is -2.38. The second-order valence-electron chi connectivity index (χ2n) is 8.14. The molecule has 30 heavy (non-hydrogen) atoms. The van der Waals surface area contributed by atoms with Crippen LogP contribution < -0.4 is 4.74 Å². The van der Waals surface area contributed by atoms with Crippen molar-refractivity contribution in [1.29, 1.82) is 0 Å². The Kier molecular flexibility index (Phi) is 5.97. The molecule has 1 atom stereocenters. The number of amides is 1. The van der Waals surface area contributed by atoms with Crippen LogP contribution in [-0.4, -0.2) is 72.6 Å². The Labute approximate surface area is 182 Å². The summed E-state index contributed by atoms with van der Waals surface area (Å²) in [6.45, 7) is 5.22. The average Bonchev–Trinajstić information content (AvgIpc) is 3.03. The summed E-state index contributed by atoms with van der Waals surface area (Å²) in [5.74, 6) is 3.60. The number of carbonyl (C=O) groups excluding carboxylic acids is 1. The molecule has 0 radical (unpaired) electrons. The summed E-state index contributed by atoms with van der Waals surface area (Å²) >= 11 is 1.97. The molecular weight excluding hydrogens is 396 g/mol. The predicted molar refractivity (Wildman–Crippen MR) is 120 cm³/mol. The minimum absolute atomic E-state index is 0.207. The molecular formula is C24H28N2O3S. The molecule has 2 aromatic carbocycles. The topological polar surface area (TPSA) is 42.0 Å². The van der Waals surface area contributed by atoms with Crippen molar-refractivity contribution in [3.63, 3.8) is 0 Å². The van der Waals surface area contributed by atoms with E-state index in [4.69, 9.17) is 9.47 Å². The summed E-state index contributed by atoms with van der Waals surface area (Å²) in [6.07, 6.45) is 1.04. The fourth-order valence-corrected chi connectivity index (χ4v) is 5.75. The quantitative estimate of drug-likeness (QED) is 0.753. The number of ether oxygens (including phenoxy) is 2. The second-order valence-corrected chi connectivity index (χ2v) is 9.29. The molecule has 0 aromatic heterocycles. The highest BCUT2D eigenvalue weighted by Crippen LogP contribution is 2.45. The minimum Gasteiger partial charge on any atom is -0.457 e. The van der Waals surface area contributed by atoms with E-state index in [1.807, 2.05) is 60.3 Å². The van der Waals surface area contributed by atoms with Crippen molar-refractivity contribution in [2.24, 2.45) is 0 Å². The number of carbonyl (C=O) groups is 1. The Morgan fingerprint density at radius 1 is 0.967 bits per heavy atom. The van der Waals surface area contributed by atoms with E-state index >= 15 is 0 Å². The van der Waals surface area contributed by atoms with Crippen LogP contribution in [-0.2, 0) is 9.53 Å². The zero-order chi connectivity index (χ0) is 20.3. The predicted octanol–water partition coefficient (Wildman–Crippen LogP) is 3.59. The lowest BCUT2D eigenvalue weighted by molar-refractivity contribution is -0.134. The number of rotatable bonds is 3. The van der Waals surface area contributed by atoms with Crippen LogP contribution >= 0.6 is 11.8 Å². The molecule has 1 amide bonds. The second kappa shape index (κ2) is 9.00. The van der Waals surface area contributed by atoms with E-state index < -0.39 is 0 Å². The molecule has 5 nitrogen and oxygen atoms in total. The molecule has 5 rings (SSSR count). The molecule has 0 bridgehead atoms. The number of hydrogen-bond acceptors (Lipinski definition) is 5. The zero-order valence-corrected chi connectivity index (χ0v) is 18.0. The van der Waals surface area contributed by atoms with E-state index in [-0.39, 0.29) is 17.9 Å². The number of nitrogens with zero attached hydrogens (tertiary/aromatic N) is 2. The van der Waals surface area contributed by atoms with Gasteiger partial charge in [-0.25, -0.2) is 0 Å². The van der Waals surface area contributed by atoms with Gasteiger partial charge in [0.15, 0.2) is 0 Å². The number of benzene rings is 2. The Bertz CT molecular complexity index is 854. The maximum Gasteiger partial charge on any atom is 0.235 e. The van der Waals surface area contributed by atoms with Gasteiger partial charge in [0.1, 0.15) is 11.5 Å². The van der Waals surface area contributed by atoms with Crippen LogP contribution in [0.5, 0.6) is 11.5 Å². The lowest BCUT2D eigenvalue weighted by atomic mass is 9.86. The van der Waals surface area contributed by atoms with Crippen molar-refractivity contribution in [1.82, 2.24) is 9.80 Å². The number of hydrogen-bond donors (Lipinski definition) is 0. The highest BCUT2D eigenvalue weighted by Gasteiger charge is 2.38. The number of para-hydroxylation sites is 2. The van der Waals surface area contributed by atoms with E-state index in [0.29, 0.717) is 0 Å². The summed E-state index contributed by atoms with van der Waals surface area (Å²) in [6, 6.07) is 16.2. The van der Waals surface area contributed by atoms with Gasteiger partial charge in [-0.15, -0.1) is 0 Å². The van der Waals surface area contributed by atoms with Gasteiger partial charge in [0.2, 0.25) is 5.91 Å². The molecule has 0 N–H and O–H groups in total. The van der Waals surface area contributed by atoms with Crippen LogP contribution in [0, 0.1) is 0 Å². The van der Waals surface area contributed by atoms with Crippen molar-refractivity contribution in [2.45, 2.75) is 18.4 Å². The molecule has 3 heterocycles. The van der Waals surface area contributed by atoms with E-state index in [0.717, 1.165) is 79.9 Å². The van der Waals surface area contributed by atoms with Gasteiger partial charge in [0.25, 0.3) is 0 Å². The maximum atomic E-state index is 14.1. The summed E-state index contributed by atoms with van der Waals surface area (Å²) in [5, 5.41) is 0. The molecule has 3 aliphatic rings. The van der Waals surface area contributed by atoms with Crippen LogP contribution in [0.1, 0.15) is 23.5 Å². The third-order valence-corrected chi connectivity index (χ3v) is 7.42.